The van der Waals surface area contributed by atoms with Gasteiger partial charge in [0.15, 0.2) is 5.79 Å². The summed E-state index contributed by atoms with van der Waals surface area (Å²) >= 11 is 6.50. The third-order valence-electron chi connectivity index (χ3n) is 5.82. The molecule has 3 rings (SSSR count). The lowest BCUT2D eigenvalue weighted by molar-refractivity contribution is -0.187. The second kappa shape index (κ2) is 9.61. The Labute approximate surface area is 179 Å². The van der Waals surface area contributed by atoms with Crippen LogP contribution in [-0.4, -0.2) is 28.7 Å². The molecule has 0 bridgehead atoms. The molecule has 0 saturated heterocycles. The van der Waals surface area contributed by atoms with Gasteiger partial charge in [0, 0.05) is 5.02 Å². The fraction of sp³-hybridized carbons (Fsp3) is 0.520. The number of aliphatic hydroxyl groups excluding tert-OH is 1. The highest BCUT2D eigenvalue weighted by Gasteiger charge is 2.30. The van der Waals surface area contributed by atoms with E-state index in [4.69, 9.17) is 16.3 Å². The van der Waals surface area contributed by atoms with Crippen molar-refractivity contribution in [1.29, 1.82) is 0 Å². The van der Waals surface area contributed by atoms with Crippen molar-refractivity contribution >= 4 is 11.6 Å². The first-order chi connectivity index (χ1) is 13.7. The molecule has 1 aliphatic carbocycles. The third-order valence-corrected chi connectivity index (χ3v) is 6.19. The first-order valence-electron chi connectivity index (χ1n) is 10.6. The van der Waals surface area contributed by atoms with Crippen molar-refractivity contribution in [2.75, 3.05) is 6.61 Å². The van der Waals surface area contributed by atoms with E-state index in [-0.39, 0.29) is 17.9 Å². The first kappa shape index (κ1) is 22.3. The summed E-state index contributed by atoms with van der Waals surface area (Å²) in [5.74, 6) is -0.637. The normalized spacial score (nSPS) is 22.6. The van der Waals surface area contributed by atoms with Crippen molar-refractivity contribution < 1.29 is 14.9 Å². The van der Waals surface area contributed by atoms with Crippen LogP contribution in [-0.2, 0) is 17.6 Å². The zero-order valence-electron chi connectivity index (χ0n) is 17.7. The minimum absolute atomic E-state index is 0.232. The maximum atomic E-state index is 10.4. The maximum absolute atomic E-state index is 10.4. The highest BCUT2D eigenvalue weighted by molar-refractivity contribution is 6.31. The van der Waals surface area contributed by atoms with Crippen LogP contribution in [0.15, 0.2) is 42.5 Å². The smallest absolute Gasteiger partial charge is 0.159 e. The fourth-order valence-electron chi connectivity index (χ4n) is 4.23. The quantitative estimate of drug-likeness (QED) is 0.587. The third kappa shape index (κ3) is 6.55. The summed E-state index contributed by atoms with van der Waals surface area (Å²) in [4.78, 5) is 0. The molecule has 0 amide bonds. The van der Waals surface area contributed by atoms with Crippen LogP contribution >= 0.6 is 11.6 Å². The topological polar surface area (TPSA) is 49.7 Å². The summed E-state index contributed by atoms with van der Waals surface area (Å²) in [5.41, 5.74) is 4.94. The molecule has 4 heteroatoms. The molecule has 1 saturated carbocycles. The molecule has 3 nitrogen and oxygen atoms in total. The summed E-state index contributed by atoms with van der Waals surface area (Å²) in [7, 11) is 0. The van der Waals surface area contributed by atoms with Crippen molar-refractivity contribution in [2.45, 2.75) is 70.7 Å². The van der Waals surface area contributed by atoms with Gasteiger partial charge >= 0.3 is 0 Å². The predicted octanol–water partition coefficient (Wildman–Crippen LogP) is 5.48. The molecule has 0 radical (unpaired) electrons. The average Bonchev–Trinajstić information content (AvgIpc) is 2.68. The minimum atomic E-state index is -1.14. The molecule has 2 aromatic carbocycles. The van der Waals surface area contributed by atoms with Gasteiger partial charge in [-0.1, -0.05) is 54.9 Å². The number of hydrogen-bond acceptors (Lipinski definition) is 3. The number of hydrogen-bond donors (Lipinski definition) is 2. The van der Waals surface area contributed by atoms with Gasteiger partial charge in [0.05, 0.1) is 12.7 Å². The van der Waals surface area contributed by atoms with Gasteiger partial charge in [0.25, 0.3) is 0 Å². The molecule has 2 aromatic rings. The van der Waals surface area contributed by atoms with Crippen LogP contribution in [0.2, 0.25) is 5.02 Å². The molecule has 0 aliphatic heterocycles. The van der Waals surface area contributed by atoms with Gasteiger partial charge in [0.2, 0.25) is 0 Å². The van der Waals surface area contributed by atoms with E-state index in [0.717, 1.165) is 42.7 Å². The number of rotatable bonds is 7. The van der Waals surface area contributed by atoms with E-state index >= 15 is 0 Å². The van der Waals surface area contributed by atoms with E-state index in [1.165, 1.54) is 16.7 Å². The Bertz CT molecular complexity index is 795. The van der Waals surface area contributed by atoms with Gasteiger partial charge in [-0.2, -0.15) is 0 Å². The summed E-state index contributed by atoms with van der Waals surface area (Å²) in [6.07, 6.45) is 3.92. The van der Waals surface area contributed by atoms with E-state index in [2.05, 4.69) is 43.3 Å². The van der Waals surface area contributed by atoms with Gasteiger partial charge in [-0.25, -0.2) is 0 Å². The molecule has 3 unspecified atom stereocenters. The molecule has 158 valence electrons. The Balaban J connectivity index is 1.73. The van der Waals surface area contributed by atoms with E-state index in [1.807, 2.05) is 6.07 Å². The van der Waals surface area contributed by atoms with Crippen molar-refractivity contribution in [2.24, 2.45) is 5.92 Å². The van der Waals surface area contributed by atoms with Gasteiger partial charge in [-0.3, -0.25) is 0 Å². The lowest BCUT2D eigenvalue weighted by atomic mass is 9.76. The fourth-order valence-corrected chi connectivity index (χ4v) is 4.42. The molecule has 1 aliphatic rings. The summed E-state index contributed by atoms with van der Waals surface area (Å²) in [6, 6.07) is 15.0. The number of aryl methyl sites for hydroxylation is 1. The molecule has 0 heterocycles. The Morgan fingerprint density at radius 1 is 1.03 bits per heavy atom. The standard InChI is InChI=1S/C25H33ClO3/c1-4-17-5-7-18(8-6-17)11-22-14-20(9-10-24(22)26)21-12-19(13-23(27)15-21)16-29-25(2,3)28/h5-10,14,19,21,23,27-28H,4,11-13,15-16H2,1-3H3. The SMILES string of the molecule is CCc1ccc(Cc2cc(C3CC(O)CC(COC(C)(C)O)C3)ccc2Cl)cc1. The molecule has 1 fully saturated rings. The van der Waals surface area contributed by atoms with Crippen molar-refractivity contribution in [3.63, 3.8) is 0 Å². The molecule has 29 heavy (non-hydrogen) atoms. The number of benzene rings is 2. The average molecular weight is 417 g/mol. The molecular formula is C25H33ClO3. The van der Waals surface area contributed by atoms with Gasteiger partial charge < -0.3 is 14.9 Å². The maximum Gasteiger partial charge on any atom is 0.159 e. The second-order valence-corrected chi connectivity index (χ2v) is 9.29. The molecule has 2 N–H and O–H groups in total. The predicted molar refractivity (Wildman–Crippen MR) is 118 cm³/mol. The largest absolute Gasteiger partial charge is 0.393 e. The first-order valence-corrected chi connectivity index (χ1v) is 11.0. The van der Waals surface area contributed by atoms with Crippen molar-refractivity contribution in [1.82, 2.24) is 0 Å². The van der Waals surface area contributed by atoms with Crippen LogP contribution in [0.1, 0.15) is 68.2 Å². The van der Waals surface area contributed by atoms with Crippen LogP contribution in [0, 0.1) is 5.92 Å². The zero-order chi connectivity index (χ0) is 21.0. The summed E-state index contributed by atoms with van der Waals surface area (Å²) in [6.45, 7) is 5.90. The van der Waals surface area contributed by atoms with Crippen LogP contribution in [0.3, 0.4) is 0 Å². The van der Waals surface area contributed by atoms with Crippen LogP contribution < -0.4 is 0 Å². The van der Waals surface area contributed by atoms with E-state index in [0.29, 0.717) is 6.61 Å². The summed E-state index contributed by atoms with van der Waals surface area (Å²) in [5, 5.41) is 21.0. The summed E-state index contributed by atoms with van der Waals surface area (Å²) < 4.78 is 5.57. The highest BCUT2D eigenvalue weighted by Crippen LogP contribution is 2.38. The number of ether oxygens (including phenoxy) is 1. The Morgan fingerprint density at radius 3 is 2.38 bits per heavy atom. The second-order valence-electron chi connectivity index (χ2n) is 8.88. The number of aliphatic hydroxyl groups is 2. The monoisotopic (exact) mass is 416 g/mol. The lowest BCUT2D eigenvalue weighted by Crippen LogP contribution is -2.32. The van der Waals surface area contributed by atoms with Crippen LogP contribution in [0.5, 0.6) is 0 Å². The highest BCUT2D eigenvalue weighted by atomic mass is 35.5. The van der Waals surface area contributed by atoms with Gasteiger partial charge in [0.1, 0.15) is 0 Å². The Kier molecular flexibility index (Phi) is 7.39. The van der Waals surface area contributed by atoms with E-state index < -0.39 is 5.79 Å². The van der Waals surface area contributed by atoms with E-state index in [1.54, 1.807) is 13.8 Å². The van der Waals surface area contributed by atoms with Crippen LogP contribution in [0.25, 0.3) is 0 Å². The lowest BCUT2D eigenvalue weighted by Gasteiger charge is -2.34. The zero-order valence-corrected chi connectivity index (χ0v) is 18.5. The van der Waals surface area contributed by atoms with Crippen molar-refractivity contribution in [3.05, 3.63) is 69.7 Å². The number of halogens is 1. The van der Waals surface area contributed by atoms with Gasteiger partial charge in [-0.05, 0) is 86.1 Å². The molecule has 0 spiro atoms. The van der Waals surface area contributed by atoms with Crippen LogP contribution in [0.4, 0.5) is 0 Å². The molecular weight excluding hydrogens is 384 g/mol. The van der Waals surface area contributed by atoms with E-state index in [9.17, 15) is 10.2 Å². The Morgan fingerprint density at radius 2 is 1.72 bits per heavy atom. The minimum Gasteiger partial charge on any atom is -0.393 e. The van der Waals surface area contributed by atoms with Crippen molar-refractivity contribution in [3.8, 4) is 0 Å². The Hall–Kier alpha value is -1.39. The molecule has 0 aromatic heterocycles. The molecule has 3 atom stereocenters. The van der Waals surface area contributed by atoms with Gasteiger partial charge in [-0.15, -0.1) is 0 Å².